The molecule has 0 saturated heterocycles. The standard InChI is InChI=1S/C6H13O.ClH.Mg/c1-3-4-5-6(2)7;;/h6H,3-5H2,1-2H3;1H;/q-1;;+2/p-1. The fraction of sp³-hybridized carbons (Fsp3) is 1.00. The number of hydrogen-bond donors (Lipinski definition) is 0. The number of unbranched alkanes of at least 4 members (excludes halogenated alkanes) is 1. The molecule has 3 heteroatoms. The summed E-state index contributed by atoms with van der Waals surface area (Å²) < 4.78 is 0. The average Bonchev–Trinajstić information content (AvgIpc) is 1.61. The van der Waals surface area contributed by atoms with Gasteiger partial charge in [-0.2, -0.15) is 0 Å². The van der Waals surface area contributed by atoms with E-state index < -0.39 is 0 Å². The summed E-state index contributed by atoms with van der Waals surface area (Å²) in [5.74, 6) is 0. The molecule has 0 bridgehead atoms. The topological polar surface area (TPSA) is 23.1 Å². The summed E-state index contributed by atoms with van der Waals surface area (Å²) in [6, 6.07) is 0. The van der Waals surface area contributed by atoms with E-state index in [1.54, 1.807) is 6.92 Å². The third-order valence-electron chi connectivity index (χ3n) is 0.964. The normalized spacial score (nSPS) is 11.0. The second kappa shape index (κ2) is 11.8. The van der Waals surface area contributed by atoms with Gasteiger partial charge in [0.05, 0.1) is 0 Å². The Labute approximate surface area is 79.8 Å². The minimum atomic E-state index is -0.347. The van der Waals surface area contributed by atoms with Gasteiger partial charge in [-0.1, -0.05) is 33.1 Å². The van der Waals surface area contributed by atoms with Gasteiger partial charge >= 0.3 is 23.1 Å². The molecule has 0 heterocycles. The minimum Gasteiger partial charge on any atom is -1.00 e. The van der Waals surface area contributed by atoms with E-state index in [2.05, 4.69) is 6.92 Å². The zero-order valence-corrected chi connectivity index (χ0v) is 8.36. The van der Waals surface area contributed by atoms with Crippen LogP contribution in [0.25, 0.3) is 0 Å². The van der Waals surface area contributed by atoms with Crippen LogP contribution < -0.4 is 17.5 Å². The minimum absolute atomic E-state index is 0. The molecule has 0 rings (SSSR count). The Hall–Kier alpha value is 1.02. The van der Waals surface area contributed by atoms with Crippen molar-refractivity contribution in [3.63, 3.8) is 0 Å². The second-order valence-electron chi connectivity index (χ2n) is 1.95. The molecule has 1 atom stereocenters. The molecule has 0 spiro atoms. The van der Waals surface area contributed by atoms with E-state index in [-0.39, 0.29) is 41.6 Å². The largest absolute Gasteiger partial charge is 2.00 e. The van der Waals surface area contributed by atoms with E-state index in [0.29, 0.717) is 0 Å². The molecule has 9 heavy (non-hydrogen) atoms. The molecule has 0 aromatic carbocycles. The number of rotatable bonds is 3. The monoisotopic (exact) mass is 160 g/mol. The Morgan fingerprint density at radius 2 is 1.89 bits per heavy atom. The van der Waals surface area contributed by atoms with Crippen LogP contribution in [0, 0.1) is 0 Å². The van der Waals surface area contributed by atoms with E-state index in [9.17, 15) is 5.11 Å². The molecule has 1 unspecified atom stereocenters. The van der Waals surface area contributed by atoms with Crippen molar-refractivity contribution in [2.45, 2.75) is 39.2 Å². The molecule has 0 radical (unpaired) electrons. The van der Waals surface area contributed by atoms with Crippen molar-refractivity contribution in [2.24, 2.45) is 0 Å². The maximum Gasteiger partial charge on any atom is 2.00 e. The quantitative estimate of drug-likeness (QED) is 0.421. The van der Waals surface area contributed by atoms with E-state index in [4.69, 9.17) is 0 Å². The molecule has 0 aromatic rings. The van der Waals surface area contributed by atoms with Gasteiger partial charge in [0.1, 0.15) is 0 Å². The van der Waals surface area contributed by atoms with Crippen molar-refractivity contribution >= 4 is 23.1 Å². The molecule has 1 nitrogen and oxygen atoms in total. The molecular weight excluding hydrogens is 148 g/mol. The van der Waals surface area contributed by atoms with Gasteiger partial charge < -0.3 is 17.5 Å². The molecule has 0 amide bonds. The zero-order chi connectivity index (χ0) is 5.70. The van der Waals surface area contributed by atoms with E-state index in [1.807, 2.05) is 0 Å². The molecule has 0 aromatic heterocycles. The molecule has 52 valence electrons. The Bertz CT molecular complexity index is 42.0. The van der Waals surface area contributed by atoms with Crippen LogP contribution in [-0.4, -0.2) is 29.2 Å². The van der Waals surface area contributed by atoms with Gasteiger partial charge in [-0.05, 0) is 0 Å². The summed E-state index contributed by atoms with van der Waals surface area (Å²) >= 11 is 0. The molecule has 0 aliphatic heterocycles. The van der Waals surface area contributed by atoms with Crippen molar-refractivity contribution in [2.75, 3.05) is 0 Å². The molecule has 0 saturated carbocycles. The Morgan fingerprint density at radius 1 is 1.44 bits per heavy atom. The predicted molar refractivity (Wildman–Crippen MR) is 34.7 cm³/mol. The maximum atomic E-state index is 10.3. The van der Waals surface area contributed by atoms with Crippen LogP contribution in [0.15, 0.2) is 0 Å². The van der Waals surface area contributed by atoms with Crippen LogP contribution in [0.3, 0.4) is 0 Å². The summed E-state index contributed by atoms with van der Waals surface area (Å²) in [5, 5.41) is 10.3. The third-order valence-corrected chi connectivity index (χ3v) is 0.964. The van der Waals surface area contributed by atoms with Crippen molar-refractivity contribution < 1.29 is 17.5 Å². The van der Waals surface area contributed by atoms with Crippen LogP contribution in [0.2, 0.25) is 0 Å². The molecule has 0 aliphatic carbocycles. The summed E-state index contributed by atoms with van der Waals surface area (Å²) in [6.45, 7) is 3.82. The fourth-order valence-electron chi connectivity index (χ4n) is 0.492. The Kier molecular flexibility index (Phi) is 21.6. The third kappa shape index (κ3) is 17.6. The van der Waals surface area contributed by atoms with Gasteiger partial charge in [-0.3, -0.25) is 0 Å². The van der Waals surface area contributed by atoms with Crippen molar-refractivity contribution in [3.05, 3.63) is 0 Å². The first-order chi connectivity index (χ1) is 3.27. The smallest absolute Gasteiger partial charge is 1.00 e. The summed E-state index contributed by atoms with van der Waals surface area (Å²) in [5.41, 5.74) is 0. The van der Waals surface area contributed by atoms with Gasteiger partial charge in [-0.15, -0.1) is 6.10 Å². The summed E-state index contributed by atoms with van der Waals surface area (Å²) in [6.07, 6.45) is 2.73. The molecular formula is C6H13ClMgO. The van der Waals surface area contributed by atoms with Crippen molar-refractivity contribution in [1.29, 1.82) is 0 Å². The van der Waals surface area contributed by atoms with Gasteiger partial charge in [0.15, 0.2) is 0 Å². The first kappa shape index (κ1) is 16.5. The summed E-state index contributed by atoms with van der Waals surface area (Å²) in [7, 11) is 0. The average molecular weight is 161 g/mol. The fourth-order valence-corrected chi connectivity index (χ4v) is 0.492. The first-order valence-electron chi connectivity index (χ1n) is 2.93. The predicted octanol–water partition coefficient (Wildman–Crippen LogP) is -2.45. The number of halogens is 1. The van der Waals surface area contributed by atoms with Crippen LogP contribution in [0.1, 0.15) is 33.1 Å². The van der Waals surface area contributed by atoms with Crippen LogP contribution in [0.5, 0.6) is 0 Å². The van der Waals surface area contributed by atoms with Gasteiger partial charge in [0, 0.05) is 0 Å². The summed E-state index contributed by atoms with van der Waals surface area (Å²) in [4.78, 5) is 0. The van der Waals surface area contributed by atoms with E-state index in [0.717, 1.165) is 19.3 Å². The first-order valence-corrected chi connectivity index (χ1v) is 2.93. The van der Waals surface area contributed by atoms with Crippen LogP contribution in [-0.2, 0) is 0 Å². The SMILES string of the molecule is CCCCC(C)[O-].[Cl-].[Mg+2]. The molecule has 0 aliphatic rings. The van der Waals surface area contributed by atoms with Crippen molar-refractivity contribution in [1.82, 2.24) is 0 Å². The second-order valence-corrected chi connectivity index (χ2v) is 1.95. The maximum absolute atomic E-state index is 10.3. The number of hydrogen-bond acceptors (Lipinski definition) is 1. The van der Waals surface area contributed by atoms with E-state index in [1.165, 1.54) is 0 Å². The Balaban J connectivity index is -0.000000180. The molecule has 0 fully saturated rings. The van der Waals surface area contributed by atoms with Gasteiger partial charge in [-0.25, -0.2) is 0 Å². The zero-order valence-electron chi connectivity index (χ0n) is 6.19. The van der Waals surface area contributed by atoms with Crippen LogP contribution >= 0.6 is 0 Å². The van der Waals surface area contributed by atoms with Gasteiger partial charge in [0.2, 0.25) is 0 Å². The van der Waals surface area contributed by atoms with E-state index >= 15 is 0 Å². The van der Waals surface area contributed by atoms with Gasteiger partial charge in [0.25, 0.3) is 0 Å². The van der Waals surface area contributed by atoms with Crippen molar-refractivity contribution in [3.8, 4) is 0 Å². The van der Waals surface area contributed by atoms with Crippen LogP contribution in [0.4, 0.5) is 0 Å². The molecule has 0 N–H and O–H groups in total. The Morgan fingerprint density at radius 3 is 2.00 bits per heavy atom.